The maximum Gasteiger partial charge on any atom is 0.335 e. The Balaban J connectivity index is 1.68. The van der Waals surface area contributed by atoms with Crippen LogP contribution in [0.3, 0.4) is 0 Å². The second-order valence-electron chi connectivity index (χ2n) is 8.70. The minimum Gasteiger partial charge on any atom is -0.478 e. The van der Waals surface area contributed by atoms with E-state index in [9.17, 15) is 14.7 Å². The Kier molecular flexibility index (Phi) is 4.18. The third-order valence-electron chi connectivity index (χ3n) is 5.59. The van der Waals surface area contributed by atoms with E-state index in [1.807, 2.05) is 12.1 Å². The minimum absolute atomic E-state index is 0.168. The molecular weight excluding hydrogens is 302 g/mol. The minimum atomic E-state index is -0.927. The quantitative estimate of drug-likeness (QED) is 0.915. The number of hydrogen-bond donors (Lipinski definition) is 1. The molecule has 1 heterocycles. The molecule has 1 saturated carbocycles. The summed E-state index contributed by atoms with van der Waals surface area (Å²) in [4.78, 5) is 26.1. The van der Waals surface area contributed by atoms with E-state index in [4.69, 9.17) is 0 Å². The molecule has 4 heteroatoms. The van der Waals surface area contributed by atoms with E-state index >= 15 is 0 Å². The molecule has 1 aliphatic carbocycles. The highest BCUT2D eigenvalue weighted by Crippen LogP contribution is 2.52. The van der Waals surface area contributed by atoms with Crippen LogP contribution < -0.4 is 0 Å². The predicted molar refractivity (Wildman–Crippen MR) is 93.0 cm³/mol. The molecule has 3 rings (SSSR count). The Bertz CT molecular complexity index is 667. The number of carboxylic acids is 1. The molecule has 0 spiro atoms. The summed E-state index contributed by atoms with van der Waals surface area (Å²) in [7, 11) is 0. The maximum absolute atomic E-state index is 12.8. The number of aromatic carboxylic acids is 1. The number of nitrogens with zero attached hydrogens (tertiary/aromatic N) is 1. The second kappa shape index (κ2) is 5.91. The molecular formula is C20H27NO3. The summed E-state index contributed by atoms with van der Waals surface area (Å²) in [6.45, 7) is 7.75. The Morgan fingerprint density at radius 1 is 1.21 bits per heavy atom. The lowest BCUT2D eigenvalue weighted by Crippen LogP contribution is -2.37. The molecule has 1 amide bonds. The molecule has 1 N–H and O–H groups in total. The Labute approximate surface area is 143 Å². The van der Waals surface area contributed by atoms with E-state index in [0.29, 0.717) is 29.9 Å². The fourth-order valence-electron chi connectivity index (χ4n) is 5.08. The molecule has 1 aliphatic heterocycles. The number of carbonyl (C=O) groups is 2. The third kappa shape index (κ3) is 3.33. The van der Waals surface area contributed by atoms with Crippen molar-refractivity contribution in [3.63, 3.8) is 0 Å². The van der Waals surface area contributed by atoms with Crippen molar-refractivity contribution in [3.05, 3.63) is 35.4 Å². The zero-order chi connectivity index (χ0) is 17.5. The summed E-state index contributed by atoms with van der Waals surface area (Å²) in [5.74, 6) is -0.758. The highest BCUT2D eigenvalue weighted by atomic mass is 16.4. The predicted octanol–water partition coefficient (Wildman–Crippen LogP) is 3.74. The van der Waals surface area contributed by atoms with E-state index < -0.39 is 5.97 Å². The normalized spacial score (nSPS) is 28.0. The first-order valence-corrected chi connectivity index (χ1v) is 8.80. The number of likely N-dealkylation sites (tertiary alicyclic amines) is 1. The average Bonchev–Trinajstić information content (AvgIpc) is 2.74. The van der Waals surface area contributed by atoms with Crippen LogP contribution in [-0.4, -0.2) is 34.5 Å². The Morgan fingerprint density at radius 3 is 2.62 bits per heavy atom. The number of rotatable bonds is 4. The molecule has 0 radical (unpaired) electrons. The highest BCUT2D eigenvalue weighted by Gasteiger charge is 2.50. The molecule has 1 saturated heterocycles. The third-order valence-corrected chi connectivity index (χ3v) is 5.59. The monoisotopic (exact) mass is 329 g/mol. The smallest absolute Gasteiger partial charge is 0.335 e. The second-order valence-corrected chi connectivity index (χ2v) is 8.70. The zero-order valence-corrected chi connectivity index (χ0v) is 14.8. The number of benzene rings is 1. The summed E-state index contributed by atoms with van der Waals surface area (Å²) in [5, 5.41) is 9.26. The fourth-order valence-corrected chi connectivity index (χ4v) is 5.08. The van der Waals surface area contributed by atoms with Crippen LogP contribution in [-0.2, 0) is 11.2 Å². The van der Waals surface area contributed by atoms with E-state index in [-0.39, 0.29) is 11.3 Å². The molecule has 2 unspecified atom stereocenters. The summed E-state index contributed by atoms with van der Waals surface area (Å²) in [6.07, 6.45) is 4.22. The largest absolute Gasteiger partial charge is 0.478 e. The number of hydrogen-bond acceptors (Lipinski definition) is 2. The van der Waals surface area contributed by atoms with Crippen LogP contribution in [0.4, 0.5) is 0 Å². The van der Waals surface area contributed by atoms with Gasteiger partial charge in [0.25, 0.3) is 0 Å². The van der Waals surface area contributed by atoms with Gasteiger partial charge >= 0.3 is 5.97 Å². The van der Waals surface area contributed by atoms with Crippen molar-refractivity contribution in [1.29, 1.82) is 0 Å². The van der Waals surface area contributed by atoms with Crippen molar-refractivity contribution in [2.75, 3.05) is 6.54 Å². The van der Waals surface area contributed by atoms with Gasteiger partial charge in [0, 0.05) is 19.0 Å². The molecule has 0 aromatic heterocycles. The summed E-state index contributed by atoms with van der Waals surface area (Å²) < 4.78 is 0. The lowest BCUT2D eigenvalue weighted by Gasteiger charge is -2.39. The standard InChI is InChI=1S/C20H27NO3/c1-19(2)10-15-11-20(3,12-19)13-21(15)17(22)9-8-14-6-4-5-7-16(14)18(23)24/h4-7,15H,8-13H2,1-3H3,(H,23,24). The van der Waals surface area contributed by atoms with Gasteiger partial charge in [0.05, 0.1) is 5.56 Å². The van der Waals surface area contributed by atoms with Gasteiger partial charge in [-0.1, -0.05) is 39.0 Å². The van der Waals surface area contributed by atoms with Gasteiger partial charge in [0.1, 0.15) is 0 Å². The maximum atomic E-state index is 12.8. The lowest BCUT2D eigenvalue weighted by molar-refractivity contribution is -0.132. The van der Waals surface area contributed by atoms with E-state index in [2.05, 4.69) is 25.7 Å². The van der Waals surface area contributed by atoms with Crippen LogP contribution >= 0.6 is 0 Å². The van der Waals surface area contributed by atoms with Crippen LogP contribution in [0.5, 0.6) is 0 Å². The number of amides is 1. The first kappa shape index (κ1) is 17.0. The average molecular weight is 329 g/mol. The van der Waals surface area contributed by atoms with Gasteiger partial charge in [0.2, 0.25) is 5.91 Å². The first-order chi connectivity index (χ1) is 11.2. The van der Waals surface area contributed by atoms with Gasteiger partial charge in [-0.2, -0.15) is 0 Å². The van der Waals surface area contributed by atoms with Gasteiger partial charge < -0.3 is 10.0 Å². The van der Waals surface area contributed by atoms with Crippen molar-refractivity contribution in [3.8, 4) is 0 Å². The molecule has 24 heavy (non-hydrogen) atoms. The van der Waals surface area contributed by atoms with E-state index in [1.165, 1.54) is 6.42 Å². The fraction of sp³-hybridized carbons (Fsp3) is 0.600. The van der Waals surface area contributed by atoms with E-state index in [1.54, 1.807) is 12.1 Å². The number of carbonyl (C=O) groups excluding carboxylic acids is 1. The Morgan fingerprint density at radius 2 is 1.92 bits per heavy atom. The van der Waals surface area contributed by atoms with Crippen molar-refractivity contribution in [2.24, 2.45) is 10.8 Å². The van der Waals surface area contributed by atoms with Crippen molar-refractivity contribution >= 4 is 11.9 Å². The molecule has 2 aliphatic rings. The van der Waals surface area contributed by atoms with Crippen molar-refractivity contribution < 1.29 is 14.7 Å². The number of aryl methyl sites for hydroxylation is 1. The number of fused-ring (bicyclic) bond motifs is 2. The topological polar surface area (TPSA) is 57.6 Å². The van der Waals surface area contributed by atoms with Crippen molar-refractivity contribution in [2.45, 2.75) is 58.9 Å². The summed E-state index contributed by atoms with van der Waals surface area (Å²) >= 11 is 0. The van der Waals surface area contributed by atoms with Crippen molar-refractivity contribution in [1.82, 2.24) is 4.90 Å². The Hall–Kier alpha value is -1.84. The lowest BCUT2D eigenvalue weighted by atomic mass is 9.65. The van der Waals surface area contributed by atoms with Crippen LogP contribution in [0, 0.1) is 10.8 Å². The van der Waals surface area contributed by atoms with Crippen LogP contribution in [0.2, 0.25) is 0 Å². The molecule has 2 fully saturated rings. The van der Waals surface area contributed by atoms with Crippen LogP contribution in [0.15, 0.2) is 24.3 Å². The van der Waals surface area contributed by atoms with Gasteiger partial charge in [-0.25, -0.2) is 4.79 Å². The molecule has 130 valence electrons. The van der Waals surface area contributed by atoms with Crippen LogP contribution in [0.25, 0.3) is 0 Å². The molecule has 1 aromatic carbocycles. The molecule has 2 bridgehead atoms. The van der Waals surface area contributed by atoms with Crippen LogP contribution in [0.1, 0.15) is 62.4 Å². The van der Waals surface area contributed by atoms with Gasteiger partial charge in [-0.3, -0.25) is 4.79 Å². The molecule has 1 aromatic rings. The zero-order valence-electron chi connectivity index (χ0n) is 14.8. The molecule has 4 nitrogen and oxygen atoms in total. The first-order valence-electron chi connectivity index (χ1n) is 8.80. The summed E-state index contributed by atoms with van der Waals surface area (Å²) in [6, 6.07) is 7.32. The number of carboxylic acid groups (broad SMARTS) is 1. The van der Waals surface area contributed by atoms with Gasteiger partial charge in [0.15, 0.2) is 0 Å². The van der Waals surface area contributed by atoms with E-state index in [0.717, 1.165) is 24.9 Å². The molecule has 2 atom stereocenters. The van der Waals surface area contributed by atoms with Gasteiger partial charge in [-0.15, -0.1) is 0 Å². The SMILES string of the molecule is CC1(C)CC2CC(C)(CN2C(=O)CCc2ccccc2C(=O)O)C1. The summed E-state index contributed by atoms with van der Waals surface area (Å²) in [5.41, 5.74) is 1.58. The van der Waals surface area contributed by atoms with Gasteiger partial charge in [-0.05, 0) is 48.1 Å². The highest BCUT2D eigenvalue weighted by molar-refractivity contribution is 5.89.